The molecule has 5 nitrogen and oxygen atoms in total. The largest absolute Gasteiger partial charge is 0.360 e. The minimum Gasteiger partial charge on any atom is -0.360 e. The Kier molecular flexibility index (Phi) is 3.81. The predicted octanol–water partition coefficient (Wildman–Crippen LogP) is 3.64. The van der Waals surface area contributed by atoms with Gasteiger partial charge in [0, 0.05) is 22.9 Å². The van der Waals surface area contributed by atoms with Crippen LogP contribution in [0.15, 0.2) is 54.7 Å². The van der Waals surface area contributed by atoms with Crippen molar-refractivity contribution in [2.75, 3.05) is 13.1 Å². The van der Waals surface area contributed by atoms with Gasteiger partial charge in [-0.25, -0.2) is 9.97 Å². The molecule has 0 radical (unpaired) electrons. The Hall–Kier alpha value is -3.05. The average molecular weight is 371 g/mol. The number of rotatable bonds is 2. The number of aromatic nitrogens is 2. The number of hydrogen-bond donors (Lipinski definition) is 0. The average Bonchev–Trinajstić information content (AvgIpc) is 3.08. The molecule has 28 heavy (non-hydrogen) atoms. The number of likely N-dealkylation sites (tertiary alicyclic amines) is 1. The highest BCUT2D eigenvalue weighted by molar-refractivity contribution is 5.95. The van der Waals surface area contributed by atoms with E-state index in [0.717, 1.165) is 27.9 Å². The van der Waals surface area contributed by atoms with Gasteiger partial charge in [-0.05, 0) is 37.1 Å². The van der Waals surface area contributed by atoms with E-state index in [-0.39, 0.29) is 5.91 Å². The van der Waals surface area contributed by atoms with Crippen LogP contribution in [0, 0.1) is 13.8 Å². The molecule has 1 aromatic heterocycles. The molecule has 3 aromatic rings. The molecule has 1 spiro atoms. The third-order valence-electron chi connectivity index (χ3n) is 5.81. The number of aryl methyl sites for hydroxylation is 2. The SMILES string of the molecule is Cc1ccc(C(=O)N2CC3(C2)OCc2nc(-c4ccccc4)ncc23)cc1C. The summed E-state index contributed by atoms with van der Waals surface area (Å²) in [5.41, 5.74) is 5.52. The zero-order valence-corrected chi connectivity index (χ0v) is 16.0. The molecule has 0 unspecified atom stereocenters. The predicted molar refractivity (Wildman–Crippen MR) is 106 cm³/mol. The second-order valence-corrected chi connectivity index (χ2v) is 7.66. The standard InChI is InChI=1S/C23H21N3O2/c1-15-8-9-18(10-16(15)2)22(27)26-13-23(14-26)19-11-24-21(25-20(19)12-28-23)17-6-4-3-5-7-17/h3-11H,12-14H2,1-2H3. The number of nitrogens with zero attached hydrogens (tertiary/aromatic N) is 3. The van der Waals surface area contributed by atoms with Gasteiger partial charge in [-0.15, -0.1) is 0 Å². The molecule has 0 atom stereocenters. The fraction of sp³-hybridized carbons (Fsp3) is 0.261. The summed E-state index contributed by atoms with van der Waals surface area (Å²) >= 11 is 0. The van der Waals surface area contributed by atoms with Gasteiger partial charge in [0.15, 0.2) is 5.82 Å². The number of fused-ring (bicyclic) bond motifs is 2. The van der Waals surface area contributed by atoms with Gasteiger partial charge in [-0.1, -0.05) is 36.4 Å². The molecule has 0 bridgehead atoms. The van der Waals surface area contributed by atoms with Crippen molar-refractivity contribution < 1.29 is 9.53 Å². The number of amides is 1. The fourth-order valence-corrected chi connectivity index (χ4v) is 3.95. The third kappa shape index (κ3) is 2.62. The monoisotopic (exact) mass is 371 g/mol. The Morgan fingerprint density at radius 1 is 1.07 bits per heavy atom. The zero-order chi connectivity index (χ0) is 19.3. The number of ether oxygens (including phenoxy) is 1. The Labute approximate surface area is 164 Å². The minimum absolute atomic E-state index is 0.0487. The molecule has 1 saturated heterocycles. The van der Waals surface area contributed by atoms with Crippen LogP contribution >= 0.6 is 0 Å². The summed E-state index contributed by atoms with van der Waals surface area (Å²) in [4.78, 5) is 23.9. The van der Waals surface area contributed by atoms with Crippen LogP contribution in [0.2, 0.25) is 0 Å². The van der Waals surface area contributed by atoms with Gasteiger partial charge in [0.2, 0.25) is 0 Å². The van der Waals surface area contributed by atoms with Gasteiger partial charge in [0.05, 0.1) is 25.4 Å². The molecular weight excluding hydrogens is 350 g/mol. The third-order valence-corrected chi connectivity index (χ3v) is 5.81. The van der Waals surface area contributed by atoms with Crippen molar-refractivity contribution in [3.05, 3.63) is 82.7 Å². The van der Waals surface area contributed by atoms with Crippen LogP contribution < -0.4 is 0 Å². The summed E-state index contributed by atoms with van der Waals surface area (Å²) in [5.74, 6) is 0.759. The normalized spacial score (nSPS) is 16.7. The molecule has 3 heterocycles. The van der Waals surface area contributed by atoms with Gasteiger partial charge >= 0.3 is 0 Å². The Morgan fingerprint density at radius 2 is 1.86 bits per heavy atom. The molecule has 1 amide bonds. The van der Waals surface area contributed by atoms with E-state index in [1.807, 2.05) is 66.6 Å². The first-order valence-corrected chi connectivity index (χ1v) is 9.48. The Morgan fingerprint density at radius 3 is 2.61 bits per heavy atom. The summed E-state index contributed by atoms with van der Waals surface area (Å²) in [5, 5.41) is 0. The van der Waals surface area contributed by atoms with E-state index in [4.69, 9.17) is 9.72 Å². The topological polar surface area (TPSA) is 55.3 Å². The molecule has 1 fully saturated rings. The van der Waals surface area contributed by atoms with Crippen LogP contribution in [0.1, 0.15) is 32.7 Å². The summed E-state index contributed by atoms with van der Waals surface area (Å²) in [6.45, 7) is 5.62. The van der Waals surface area contributed by atoms with E-state index in [1.165, 1.54) is 5.56 Å². The van der Waals surface area contributed by atoms with E-state index in [1.54, 1.807) is 0 Å². The molecule has 5 heteroatoms. The smallest absolute Gasteiger partial charge is 0.254 e. The highest BCUT2D eigenvalue weighted by Gasteiger charge is 2.52. The second-order valence-electron chi connectivity index (χ2n) is 7.66. The van der Waals surface area contributed by atoms with Crippen molar-refractivity contribution in [3.63, 3.8) is 0 Å². The van der Waals surface area contributed by atoms with Crippen LogP contribution in [0.3, 0.4) is 0 Å². The molecule has 5 rings (SSSR count). The maximum absolute atomic E-state index is 12.8. The van der Waals surface area contributed by atoms with E-state index in [2.05, 4.69) is 11.9 Å². The van der Waals surface area contributed by atoms with E-state index in [9.17, 15) is 4.79 Å². The van der Waals surface area contributed by atoms with Crippen molar-refractivity contribution in [1.29, 1.82) is 0 Å². The van der Waals surface area contributed by atoms with Gasteiger partial charge in [0.25, 0.3) is 5.91 Å². The van der Waals surface area contributed by atoms with Crippen LogP contribution in [-0.2, 0) is 16.9 Å². The molecule has 0 saturated carbocycles. The van der Waals surface area contributed by atoms with E-state index >= 15 is 0 Å². The van der Waals surface area contributed by atoms with E-state index in [0.29, 0.717) is 25.5 Å². The van der Waals surface area contributed by atoms with Crippen molar-refractivity contribution in [3.8, 4) is 11.4 Å². The van der Waals surface area contributed by atoms with Gasteiger partial charge in [-0.3, -0.25) is 4.79 Å². The quantitative estimate of drug-likeness (QED) is 0.690. The molecule has 140 valence electrons. The lowest BCUT2D eigenvalue weighted by atomic mass is 9.87. The van der Waals surface area contributed by atoms with Gasteiger partial charge in [0.1, 0.15) is 5.60 Å². The van der Waals surface area contributed by atoms with Gasteiger partial charge in [-0.2, -0.15) is 0 Å². The minimum atomic E-state index is -0.458. The molecule has 0 aliphatic carbocycles. The first-order chi connectivity index (χ1) is 13.6. The number of hydrogen-bond acceptors (Lipinski definition) is 4. The maximum Gasteiger partial charge on any atom is 0.254 e. The van der Waals surface area contributed by atoms with E-state index < -0.39 is 5.60 Å². The molecule has 0 N–H and O–H groups in total. The summed E-state index contributed by atoms with van der Waals surface area (Å²) in [6.07, 6.45) is 1.87. The number of carbonyl (C=O) groups excluding carboxylic acids is 1. The summed E-state index contributed by atoms with van der Waals surface area (Å²) in [6, 6.07) is 15.8. The lowest BCUT2D eigenvalue weighted by Crippen LogP contribution is -2.61. The Bertz CT molecular complexity index is 1070. The number of benzene rings is 2. The van der Waals surface area contributed by atoms with Crippen LogP contribution in [0.5, 0.6) is 0 Å². The van der Waals surface area contributed by atoms with Crippen molar-refractivity contribution in [2.45, 2.75) is 26.1 Å². The lowest BCUT2D eigenvalue weighted by molar-refractivity contribution is -0.126. The zero-order valence-electron chi connectivity index (χ0n) is 16.0. The van der Waals surface area contributed by atoms with Crippen molar-refractivity contribution in [2.24, 2.45) is 0 Å². The van der Waals surface area contributed by atoms with Crippen molar-refractivity contribution >= 4 is 5.91 Å². The first-order valence-electron chi connectivity index (χ1n) is 9.48. The van der Waals surface area contributed by atoms with Crippen LogP contribution in [0.4, 0.5) is 0 Å². The lowest BCUT2D eigenvalue weighted by Gasteiger charge is -2.47. The second kappa shape index (κ2) is 6.24. The highest BCUT2D eigenvalue weighted by atomic mass is 16.5. The number of carbonyl (C=O) groups is 1. The van der Waals surface area contributed by atoms with Crippen LogP contribution in [0.25, 0.3) is 11.4 Å². The summed E-state index contributed by atoms with van der Waals surface area (Å²) < 4.78 is 6.10. The molecular formula is C23H21N3O2. The highest BCUT2D eigenvalue weighted by Crippen LogP contribution is 2.43. The van der Waals surface area contributed by atoms with Crippen molar-refractivity contribution in [1.82, 2.24) is 14.9 Å². The first kappa shape index (κ1) is 17.1. The molecule has 2 aliphatic rings. The van der Waals surface area contributed by atoms with Crippen LogP contribution in [-0.4, -0.2) is 33.9 Å². The fourth-order valence-electron chi connectivity index (χ4n) is 3.95. The van der Waals surface area contributed by atoms with Gasteiger partial charge < -0.3 is 9.64 Å². The summed E-state index contributed by atoms with van der Waals surface area (Å²) in [7, 11) is 0. The maximum atomic E-state index is 12.8. The molecule has 2 aromatic carbocycles. The molecule has 2 aliphatic heterocycles. The Balaban J connectivity index is 1.36.